The lowest BCUT2D eigenvalue weighted by molar-refractivity contribution is 0.0933. The second-order valence-corrected chi connectivity index (χ2v) is 9.19. The molecule has 3 rings (SSSR count). The van der Waals surface area contributed by atoms with Crippen molar-refractivity contribution in [3.05, 3.63) is 34.2 Å². The van der Waals surface area contributed by atoms with Crippen molar-refractivity contribution >= 4 is 49.7 Å². The maximum atomic E-state index is 12.7. The zero-order valence-corrected chi connectivity index (χ0v) is 15.4. The Bertz CT molecular complexity index is 743. The number of fused-ring (bicyclic) bond motifs is 1. The molecular formula is C17H20ClNO2S2. The summed E-state index contributed by atoms with van der Waals surface area (Å²) in [5.74, 6) is 0.502. The molecule has 1 amide bonds. The number of thiophene rings is 1. The number of rotatable bonds is 4. The van der Waals surface area contributed by atoms with Gasteiger partial charge in [-0.3, -0.25) is 9.00 Å². The number of carbonyl (C=O) groups excluding carboxylic acids is 1. The summed E-state index contributed by atoms with van der Waals surface area (Å²) in [6.45, 7) is 1.94. The standard InChI is InChI=1S/C17H20ClNO2S2/c1-2-23(21)14-10-6-4-8-12(14)19-17(20)16-15(18)11-7-3-5-9-13(11)22-16/h3,5,7,9,12,14H,2,4,6,8,10H2,1H3,(H,19,20)/t12-,14-,23+/m1/s1. The summed E-state index contributed by atoms with van der Waals surface area (Å²) in [7, 11) is -0.881. The van der Waals surface area contributed by atoms with E-state index in [1.54, 1.807) is 0 Å². The first-order valence-electron chi connectivity index (χ1n) is 7.97. The molecule has 1 aliphatic rings. The molecule has 1 aromatic carbocycles. The summed E-state index contributed by atoms with van der Waals surface area (Å²) in [5.41, 5.74) is 0. The zero-order valence-electron chi connectivity index (χ0n) is 13.0. The summed E-state index contributed by atoms with van der Waals surface area (Å²) >= 11 is 7.80. The van der Waals surface area contributed by atoms with E-state index < -0.39 is 10.8 Å². The van der Waals surface area contributed by atoms with Gasteiger partial charge in [-0.15, -0.1) is 11.3 Å². The first kappa shape index (κ1) is 16.9. The Hall–Kier alpha value is -0.910. The number of hydrogen-bond donors (Lipinski definition) is 1. The van der Waals surface area contributed by atoms with Crippen LogP contribution in [0.3, 0.4) is 0 Å². The number of carbonyl (C=O) groups is 1. The zero-order chi connectivity index (χ0) is 16.4. The van der Waals surface area contributed by atoms with Crippen molar-refractivity contribution in [1.82, 2.24) is 5.32 Å². The maximum absolute atomic E-state index is 12.7. The Morgan fingerprint density at radius 2 is 2.09 bits per heavy atom. The van der Waals surface area contributed by atoms with E-state index in [9.17, 15) is 9.00 Å². The topological polar surface area (TPSA) is 46.2 Å². The normalized spacial score (nSPS) is 22.9. The molecule has 0 aliphatic heterocycles. The molecule has 1 fully saturated rings. The van der Waals surface area contributed by atoms with E-state index in [0.717, 1.165) is 35.8 Å². The van der Waals surface area contributed by atoms with Gasteiger partial charge in [0, 0.05) is 32.7 Å². The van der Waals surface area contributed by atoms with E-state index in [0.29, 0.717) is 15.7 Å². The highest BCUT2D eigenvalue weighted by molar-refractivity contribution is 7.85. The minimum atomic E-state index is -0.881. The van der Waals surface area contributed by atoms with Crippen LogP contribution in [-0.2, 0) is 10.8 Å². The molecule has 1 aliphatic carbocycles. The van der Waals surface area contributed by atoms with Gasteiger partial charge >= 0.3 is 0 Å². The fourth-order valence-corrected chi connectivity index (χ4v) is 6.03. The molecule has 2 aromatic rings. The maximum Gasteiger partial charge on any atom is 0.263 e. The fraction of sp³-hybridized carbons (Fsp3) is 0.471. The number of amides is 1. The second kappa shape index (κ2) is 7.32. The molecule has 0 saturated heterocycles. The molecule has 0 radical (unpaired) electrons. The average molecular weight is 370 g/mol. The lowest BCUT2D eigenvalue weighted by Gasteiger charge is -2.31. The van der Waals surface area contributed by atoms with Gasteiger partial charge in [0.25, 0.3) is 5.91 Å². The van der Waals surface area contributed by atoms with E-state index in [1.165, 1.54) is 11.3 Å². The Labute approximate surface area is 147 Å². The summed E-state index contributed by atoms with van der Waals surface area (Å²) < 4.78 is 13.3. The van der Waals surface area contributed by atoms with Crippen LogP contribution in [0.5, 0.6) is 0 Å². The number of hydrogen-bond acceptors (Lipinski definition) is 3. The van der Waals surface area contributed by atoms with Crippen LogP contribution in [0.1, 0.15) is 42.3 Å². The van der Waals surface area contributed by atoms with Gasteiger partial charge in [0.1, 0.15) is 4.88 Å². The summed E-state index contributed by atoms with van der Waals surface area (Å²) in [4.78, 5) is 13.2. The van der Waals surface area contributed by atoms with E-state index in [4.69, 9.17) is 11.6 Å². The monoisotopic (exact) mass is 369 g/mol. The Morgan fingerprint density at radius 3 is 2.83 bits per heavy atom. The van der Waals surface area contributed by atoms with Gasteiger partial charge in [-0.1, -0.05) is 49.6 Å². The van der Waals surface area contributed by atoms with Gasteiger partial charge in [0.2, 0.25) is 0 Å². The predicted molar refractivity (Wildman–Crippen MR) is 99.0 cm³/mol. The molecule has 23 heavy (non-hydrogen) atoms. The summed E-state index contributed by atoms with van der Waals surface area (Å²) in [6.07, 6.45) is 3.98. The molecule has 124 valence electrons. The minimum absolute atomic E-state index is 0.0155. The third-order valence-corrected chi connectivity index (χ3v) is 7.87. The first-order valence-corrected chi connectivity index (χ1v) is 10.5. The molecule has 1 aromatic heterocycles. The van der Waals surface area contributed by atoms with Gasteiger partial charge in [-0.05, 0) is 18.9 Å². The van der Waals surface area contributed by atoms with Crippen LogP contribution in [0.4, 0.5) is 0 Å². The van der Waals surface area contributed by atoms with Crippen molar-refractivity contribution in [2.45, 2.75) is 43.9 Å². The lowest BCUT2D eigenvalue weighted by atomic mass is 9.95. The number of nitrogens with one attached hydrogen (secondary N) is 1. The highest BCUT2D eigenvalue weighted by Crippen LogP contribution is 2.35. The van der Waals surface area contributed by atoms with Gasteiger partial charge < -0.3 is 5.32 Å². The van der Waals surface area contributed by atoms with Gasteiger partial charge in [0.15, 0.2) is 0 Å². The van der Waals surface area contributed by atoms with Gasteiger partial charge in [0.05, 0.1) is 10.3 Å². The van der Waals surface area contributed by atoms with Crippen molar-refractivity contribution in [2.75, 3.05) is 5.75 Å². The Morgan fingerprint density at radius 1 is 1.35 bits per heavy atom. The molecule has 6 heteroatoms. The first-order chi connectivity index (χ1) is 11.1. The van der Waals surface area contributed by atoms with Crippen LogP contribution >= 0.6 is 22.9 Å². The Balaban J connectivity index is 1.82. The van der Waals surface area contributed by atoms with Gasteiger partial charge in [-0.25, -0.2) is 0 Å². The van der Waals surface area contributed by atoms with Crippen molar-refractivity contribution in [1.29, 1.82) is 0 Å². The third-order valence-electron chi connectivity index (χ3n) is 4.38. The molecule has 0 bridgehead atoms. The van der Waals surface area contributed by atoms with Crippen LogP contribution in [-0.4, -0.2) is 27.2 Å². The molecule has 1 heterocycles. The highest BCUT2D eigenvalue weighted by Gasteiger charge is 2.31. The van der Waals surface area contributed by atoms with Crippen LogP contribution in [0.25, 0.3) is 10.1 Å². The van der Waals surface area contributed by atoms with Crippen LogP contribution in [0.15, 0.2) is 24.3 Å². The number of halogens is 1. The van der Waals surface area contributed by atoms with E-state index >= 15 is 0 Å². The molecule has 0 spiro atoms. The van der Waals surface area contributed by atoms with E-state index in [1.807, 2.05) is 31.2 Å². The second-order valence-electron chi connectivity index (χ2n) is 5.81. The molecule has 3 atom stereocenters. The van der Waals surface area contributed by atoms with Crippen molar-refractivity contribution < 1.29 is 9.00 Å². The van der Waals surface area contributed by atoms with Crippen LogP contribution in [0.2, 0.25) is 5.02 Å². The predicted octanol–water partition coefficient (Wildman–Crippen LogP) is 4.36. The van der Waals surface area contributed by atoms with E-state index in [2.05, 4.69) is 5.32 Å². The average Bonchev–Trinajstić information content (AvgIpc) is 2.92. The summed E-state index contributed by atoms with van der Waals surface area (Å²) in [6, 6.07) is 7.75. The highest BCUT2D eigenvalue weighted by atomic mass is 35.5. The quantitative estimate of drug-likeness (QED) is 0.870. The van der Waals surface area contributed by atoms with Crippen LogP contribution in [0, 0.1) is 0 Å². The smallest absolute Gasteiger partial charge is 0.263 e. The largest absolute Gasteiger partial charge is 0.347 e. The summed E-state index contributed by atoms with van der Waals surface area (Å²) in [5, 5.41) is 4.60. The van der Waals surface area contributed by atoms with Gasteiger partial charge in [-0.2, -0.15) is 0 Å². The molecule has 1 N–H and O–H groups in total. The number of benzene rings is 1. The van der Waals surface area contributed by atoms with Crippen molar-refractivity contribution in [3.8, 4) is 0 Å². The lowest BCUT2D eigenvalue weighted by Crippen LogP contribution is -2.47. The van der Waals surface area contributed by atoms with Crippen molar-refractivity contribution in [3.63, 3.8) is 0 Å². The molecular weight excluding hydrogens is 350 g/mol. The fourth-order valence-electron chi connectivity index (χ4n) is 3.18. The molecule has 3 nitrogen and oxygen atoms in total. The van der Waals surface area contributed by atoms with Crippen molar-refractivity contribution in [2.24, 2.45) is 0 Å². The molecule has 0 unspecified atom stereocenters. The molecule has 1 saturated carbocycles. The third kappa shape index (κ3) is 3.47. The van der Waals surface area contributed by atoms with E-state index in [-0.39, 0.29) is 17.2 Å². The SMILES string of the molecule is CC[S@](=O)[C@@H]1CCCC[C@H]1NC(=O)c1sc2ccccc2c1Cl. The minimum Gasteiger partial charge on any atom is -0.347 e. The Kier molecular flexibility index (Phi) is 5.39. The van der Waals surface area contributed by atoms with Crippen LogP contribution < -0.4 is 5.32 Å².